The fraction of sp³-hybridized carbons (Fsp3) is 0.381. The third-order valence-electron chi connectivity index (χ3n) is 4.16. The molecule has 0 saturated heterocycles. The second-order valence-electron chi connectivity index (χ2n) is 6.79. The van der Waals surface area contributed by atoms with E-state index in [1.54, 1.807) is 12.1 Å². The summed E-state index contributed by atoms with van der Waals surface area (Å²) in [6.45, 7) is 6.01. The van der Waals surface area contributed by atoms with E-state index >= 15 is 0 Å². The molecule has 0 aromatic heterocycles. The van der Waals surface area contributed by atoms with E-state index in [0.29, 0.717) is 25.4 Å². The average molecular weight is 342 g/mol. The average Bonchev–Trinajstić information content (AvgIpc) is 2.57. The van der Waals surface area contributed by atoms with Gasteiger partial charge in [0.1, 0.15) is 5.82 Å². The highest BCUT2D eigenvalue weighted by atomic mass is 19.1. The normalized spacial score (nSPS) is 11.1. The monoisotopic (exact) mass is 342 g/mol. The lowest BCUT2D eigenvalue weighted by atomic mass is 10.0. The molecule has 2 rings (SSSR count). The van der Waals surface area contributed by atoms with Gasteiger partial charge in [-0.15, -0.1) is 0 Å². The van der Waals surface area contributed by atoms with Gasteiger partial charge in [-0.2, -0.15) is 0 Å². The molecule has 0 radical (unpaired) electrons. The molecule has 3 nitrogen and oxygen atoms in total. The fourth-order valence-corrected chi connectivity index (χ4v) is 2.67. The lowest BCUT2D eigenvalue weighted by Gasteiger charge is -2.17. The number of benzene rings is 2. The van der Waals surface area contributed by atoms with Crippen LogP contribution in [0.3, 0.4) is 0 Å². The quantitative estimate of drug-likeness (QED) is 0.793. The summed E-state index contributed by atoms with van der Waals surface area (Å²) >= 11 is 0. The van der Waals surface area contributed by atoms with E-state index in [1.165, 1.54) is 23.3 Å². The predicted molar refractivity (Wildman–Crippen MR) is 100.0 cm³/mol. The molecule has 0 spiro atoms. The molecule has 134 valence electrons. The Hall–Kier alpha value is -2.20. The molecule has 2 aromatic carbocycles. The van der Waals surface area contributed by atoms with E-state index in [2.05, 4.69) is 43.4 Å². The molecule has 0 heterocycles. The van der Waals surface area contributed by atoms with Crippen LogP contribution in [-0.2, 0) is 17.8 Å². The SMILES string of the molecule is CC(C)c1ccc(CN(C)CC(=O)NCCc2ccc(F)cc2)cc1. The molecule has 0 bridgehead atoms. The summed E-state index contributed by atoms with van der Waals surface area (Å²) in [6.07, 6.45) is 0.701. The first-order valence-electron chi connectivity index (χ1n) is 8.72. The molecular formula is C21H27FN2O. The highest BCUT2D eigenvalue weighted by molar-refractivity contribution is 5.77. The zero-order valence-electron chi connectivity index (χ0n) is 15.3. The van der Waals surface area contributed by atoms with Crippen LogP contribution in [0.15, 0.2) is 48.5 Å². The Morgan fingerprint density at radius 2 is 1.64 bits per heavy atom. The van der Waals surface area contributed by atoms with E-state index in [1.807, 2.05) is 11.9 Å². The maximum Gasteiger partial charge on any atom is 0.234 e. The van der Waals surface area contributed by atoms with Gasteiger partial charge in [0.25, 0.3) is 0 Å². The summed E-state index contributed by atoms with van der Waals surface area (Å²) in [4.78, 5) is 14.0. The van der Waals surface area contributed by atoms with Crippen molar-refractivity contribution in [3.8, 4) is 0 Å². The van der Waals surface area contributed by atoms with Gasteiger partial charge in [0.05, 0.1) is 6.54 Å². The minimum absolute atomic E-state index is 0.00316. The molecule has 0 aliphatic rings. The van der Waals surface area contributed by atoms with Crippen LogP contribution in [0.2, 0.25) is 0 Å². The molecule has 1 amide bonds. The molecule has 0 atom stereocenters. The van der Waals surface area contributed by atoms with Crippen molar-refractivity contribution in [2.24, 2.45) is 0 Å². The molecule has 0 aliphatic carbocycles. The third-order valence-corrected chi connectivity index (χ3v) is 4.16. The lowest BCUT2D eigenvalue weighted by Crippen LogP contribution is -2.35. The van der Waals surface area contributed by atoms with Crippen LogP contribution in [0.1, 0.15) is 36.5 Å². The maximum absolute atomic E-state index is 12.8. The van der Waals surface area contributed by atoms with Crippen molar-refractivity contribution in [3.63, 3.8) is 0 Å². The Labute approximate surface area is 149 Å². The molecule has 0 unspecified atom stereocenters. The Kier molecular flexibility index (Phi) is 7.14. The Morgan fingerprint density at radius 1 is 1.04 bits per heavy atom. The van der Waals surface area contributed by atoms with Crippen molar-refractivity contribution in [2.75, 3.05) is 20.1 Å². The second-order valence-corrected chi connectivity index (χ2v) is 6.79. The number of carbonyl (C=O) groups is 1. The Balaban J connectivity index is 1.71. The number of nitrogens with zero attached hydrogens (tertiary/aromatic N) is 1. The number of hydrogen-bond acceptors (Lipinski definition) is 2. The minimum Gasteiger partial charge on any atom is -0.355 e. The number of halogens is 1. The van der Waals surface area contributed by atoms with E-state index in [9.17, 15) is 9.18 Å². The van der Waals surface area contributed by atoms with Crippen molar-refractivity contribution in [1.82, 2.24) is 10.2 Å². The van der Waals surface area contributed by atoms with Gasteiger partial charge < -0.3 is 5.32 Å². The van der Waals surface area contributed by atoms with Gasteiger partial charge in [0.15, 0.2) is 0 Å². The first kappa shape index (κ1) is 19.1. The van der Waals surface area contributed by atoms with E-state index in [-0.39, 0.29) is 11.7 Å². The third kappa shape index (κ3) is 6.67. The molecule has 4 heteroatoms. The topological polar surface area (TPSA) is 32.3 Å². The van der Waals surface area contributed by atoms with Gasteiger partial charge in [0, 0.05) is 13.1 Å². The zero-order chi connectivity index (χ0) is 18.2. The van der Waals surface area contributed by atoms with E-state index in [0.717, 1.165) is 12.1 Å². The van der Waals surface area contributed by atoms with E-state index in [4.69, 9.17) is 0 Å². The molecule has 2 aromatic rings. The van der Waals surface area contributed by atoms with Gasteiger partial charge in [0.2, 0.25) is 5.91 Å². The summed E-state index contributed by atoms with van der Waals surface area (Å²) in [7, 11) is 1.94. The molecule has 25 heavy (non-hydrogen) atoms. The van der Waals surface area contributed by atoms with Crippen LogP contribution in [0.5, 0.6) is 0 Å². The van der Waals surface area contributed by atoms with Crippen LogP contribution in [-0.4, -0.2) is 30.9 Å². The number of amides is 1. The molecule has 0 aliphatic heterocycles. The fourth-order valence-electron chi connectivity index (χ4n) is 2.67. The van der Waals surface area contributed by atoms with Crippen molar-refractivity contribution < 1.29 is 9.18 Å². The highest BCUT2D eigenvalue weighted by Gasteiger charge is 2.07. The summed E-state index contributed by atoms with van der Waals surface area (Å²) in [6, 6.07) is 14.9. The van der Waals surface area contributed by atoms with Gasteiger partial charge in [-0.1, -0.05) is 50.2 Å². The number of nitrogens with one attached hydrogen (secondary N) is 1. The van der Waals surface area contributed by atoms with Gasteiger partial charge in [-0.3, -0.25) is 9.69 Å². The summed E-state index contributed by atoms with van der Waals surface area (Å²) in [5.41, 5.74) is 3.54. The van der Waals surface area contributed by atoms with Crippen molar-refractivity contribution in [2.45, 2.75) is 32.7 Å². The predicted octanol–water partition coefficient (Wildman–Crippen LogP) is 3.74. The smallest absolute Gasteiger partial charge is 0.234 e. The first-order valence-corrected chi connectivity index (χ1v) is 8.72. The van der Waals surface area contributed by atoms with Gasteiger partial charge in [-0.25, -0.2) is 4.39 Å². The Morgan fingerprint density at radius 3 is 2.24 bits per heavy atom. The highest BCUT2D eigenvalue weighted by Crippen LogP contribution is 2.15. The van der Waals surface area contributed by atoms with Crippen molar-refractivity contribution >= 4 is 5.91 Å². The summed E-state index contributed by atoms with van der Waals surface area (Å²) < 4.78 is 12.8. The summed E-state index contributed by atoms with van der Waals surface area (Å²) in [5, 5.41) is 2.91. The minimum atomic E-state index is -0.240. The number of carbonyl (C=O) groups excluding carboxylic acids is 1. The summed E-state index contributed by atoms with van der Waals surface area (Å²) in [5.74, 6) is 0.290. The number of rotatable bonds is 8. The largest absolute Gasteiger partial charge is 0.355 e. The molecular weight excluding hydrogens is 315 g/mol. The Bertz CT molecular complexity index is 665. The van der Waals surface area contributed by atoms with Crippen LogP contribution in [0.25, 0.3) is 0 Å². The van der Waals surface area contributed by atoms with Crippen LogP contribution < -0.4 is 5.32 Å². The molecule has 0 fully saturated rings. The van der Waals surface area contributed by atoms with Crippen LogP contribution in [0.4, 0.5) is 4.39 Å². The maximum atomic E-state index is 12.8. The number of hydrogen-bond donors (Lipinski definition) is 1. The standard InChI is InChI=1S/C21H27FN2O/c1-16(2)19-8-4-18(5-9-19)14-24(3)15-21(25)23-13-12-17-6-10-20(22)11-7-17/h4-11,16H,12-15H2,1-3H3,(H,23,25). The van der Waals surface area contributed by atoms with Crippen molar-refractivity contribution in [3.05, 3.63) is 71.0 Å². The molecule has 1 N–H and O–H groups in total. The van der Waals surface area contributed by atoms with Crippen molar-refractivity contribution in [1.29, 1.82) is 0 Å². The van der Waals surface area contributed by atoms with E-state index < -0.39 is 0 Å². The number of likely N-dealkylation sites (N-methyl/N-ethyl adjacent to an activating group) is 1. The second kappa shape index (κ2) is 9.33. The van der Waals surface area contributed by atoms with Gasteiger partial charge in [-0.05, 0) is 48.2 Å². The zero-order valence-corrected chi connectivity index (χ0v) is 15.3. The first-order chi connectivity index (χ1) is 11.9. The van der Waals surface area contributed by atoms with Crippen LogP contribution >= 0.6 is 0 Å². The lowest BCUT2D eigenvalue weighted by molar-refractivity contribution is -0.122. The van der Waals surface area contributed by atoms with Crippen LogP contribution in [0, 0.1) is 5.82 Å². The van der Waals surface area contributed by atoms with Gasteiger partial charge >= 0.3 is 0 Å². The molecule has 0 saturated carbocycles.